The van der Waals surface area contributed by atoms with Crippen molar-refractivity contribution in [3.8, 4) is 11.5 Å². The van der Waals surface area contributed by atoms with E-state index in [2.05, 4.69) is 5.32 Å². The second kappa shape index (κ2) is 8.45. The highest BCUT2D eigenvalue weighted by Crippen LogP contribution is 2.34. The molecule has 1 N–H and O–H groups in total. The lowest BCUT2D eigenvalue weighted by atomic mass is 9.87. The van der Waals surface area contributed by atoms with Gasteiger partial charge in [0.15, 0.2) is 0 Å². The first kappa shape index (κ1) is 19.8. The zero-order valence-electron chi connectivity index (χ0n) is 16.8. The van der Waals surface area contributed by atoms with Crippen molar-refractivity contribution in [3.05, 3.63) is 39.6 Å². The lowest BCUT2D eigenvalue weighted by Crippen LogP contribution is -2.27. The number of methoxy groups -OCH3 is 2. The molecule has 154 valence electrons. The van der Waals surface area contributed by atoms with Crippen LogP contribution in [-0.2, 0) is 17.6 Å². The number of nitrogens with one attached hydrogen (secondary N) is 1. The number of fused-ring (bicyclic) bond motifs is 1. The second-order valence-electron chi connectivity index (χ2n) is 7.59. The molecular weight excluding hydrogens is 388 g/mol. The van der Waals surface area contributed by atoms with E-state index >= 15 is 0 Å². The predicted octanol–water partition coefficient (Wildman–Crippen LogP) is 3.74. The Bertz CT molecular complexity index is 895. The van der Waals surface area contributed by atoms with Crippen LogP contribution in [0, 0.1) is 5.92 Å². The molecule has 0 bridgehead atoms. The highest BCUT2D eigenvalue weighted by Gasteiger charge is 2.29. The maximum absolute atomic E-state index is 12.9. The highest BCUT2D eigenvalue weighted by molar-refractivity contribution is 7.14. The number of likely N-dealkylation sites (tertiary alicyclic amines) is 1. The summed E-state index contributed by atoms with van der Waals surface area (Å²) >= 11 is 1.60. The number of aryl methyl sites for hydroxylation is 1. The number of benzene rings is 1. The van der Waals surface area contributed by atoms with Crippen molar-refractivity contribution < 1.29 is 19.1 Å². The molecule has 7 heteroatoms. The number of hydrogen-bond donors (Lipinski definition) is 1. The molecule has 0 radical (unpaired) electrons. The molecule has 1 aliphatic heterocycles. The summed E-state index contributed by atoms with van der Waals surface area (Å²) in [6.45, 7) is 1.72. The zero-order chi connectivity index (χ0) is 20.4. The molecule has 1 fully saturated rings. The number of nitrogens with zero attached hydrogens (tertiary/aromatic N) is 1. The number of rotatable bonds is 5. The molecule has 4 rings (SSSR count). The molecule has 0 saturated carbocycles. The molecule has 29 heavy (non-hydrogen) atoms. The molecular formula is C22H26N2O4S. The lowest BCUT2D eigenvalue weighted by Gasteiger charge is -2.21. The van der Waals surface area contributed by atoms with Gasteiger partial charge in [-0.3, -0.25) is 9.59 Å². The van der Waals surface area contributed by atoms with Crippen LogP contribution < -0.4 is 14.8 Å². The van der Waals surface area contributed by atoms with Gasteiger partial charge in [0.05, 0.1) is 19.1 Å². The summed E-state index contributed by atoms with van der Waals surface area (Å²) in [5.74, 6) is 1.29. The van der Waals surface area contributed by atoms with E-state index in [-0.39, 0.29) is 17.7 Å². The maximum Gasteiger partial charge on any atom is 0.263 e. The molecule has 1 aromatic carbocycles. The Kier molecular flexibility index (Phi) is 5.76. The minimum absolute atomic E-state index is 0.00965. The molecule has 0 unspecified atom stereocenters. The summed E-state index contributed by atoms with van der Waals surface area (Å²) in [7, 11) is 3.17. The molecule has 1 atom stereocenters. The van der Waals surface area contributed by atoms with Gasteiger partial charge in [0, 0.05) is 47.8 Å². The topological polar surface area (TPSA) is 67.9 Å². The monoisotopic (exact) mass is 414 g/mol. The summed E-state index contributed by atoms with van der Waals surface area (Å²) < 4.78 is 10.5. The van der Waals surface area contributed by atoms with E-state index in [1.54, 1.807) is 43.8 Å². The Hall–Kier alpha value is -2.54. The molecule has 1 saturated heterocycles. The fraction of sp³-hybridized carbons (Fsp3) is 0.455. The van der Waals surface area contributed by atoms with E-state index in [0.717, 1.165) is 49.2 Å². The maximum atomic E-state index is 12.9. The molecule has 1 aromatic heterocycles. The summed E-state index contributed by atoms with van der Waals surface area (Å²) in [6, 6.07) is 7.35. The van der Waals surface area contributed by atoms with Crippen molar-refractivity contribution in [2.24, 2.45) is 5.92 Å². The number of thiophene rings is 1. The Morgan fingerprint density at radius 3 is 2.41 bits per heavy atom. The van der Waals surface area contributed by atoms with Gasteiger partial charge in [-0.15, -0.1) is 11.3 Å². The van der Waals surface area contributed by atoms with Crippen molar-refractivity contribution in [2.45, 2.75) is 32.1 Å². The third kappa shape index (κ3) is 4.24. The standard InChI is InChI=1S/C22H26N2O4S/c1-27-17-11-16(12-18(13-17)28-2)23-21(25)14-5-6-19-15(9-14)10-20(29-19)22(26)24-7-3-4-8-24/h10-14H,3-9H2,1-2H3,(H,23,25)/t14-/m1/s1. The Labute approximate surface area is 174 Å². The van der Waals surface area contributed by atoms with E-state index in [9.17, 15) is 9.59 Å². The average molecular weight is 415 g/mol. The van der Waals surface area contributed by atoms with Crippen LogP contribution in [-0.4, -0.2) is 44.0 Å². The molecule has 2 aliphatic rings. The molecule has 1 aliphatic carbocycles. The van der Waals surface area contributed by atoms with E-state index in [4.69, 9.17) is 9.47 Å². The zero-order valence-corrected chi connectivity index (χ0v) is 17.6. The van der Waals surface area contributed by atoms with Crippen LogP contribution in [0.2, 0.25) is 0 Å². The van der Waals surface area contributed by atoms with Gasteiger partial charge in [0.2, 0.25) is 5.91 Å². The van der Waals surface area contributed by atoms with Gasteiger partial charge in [0.25, 0.3) is 5.91 Å². The highest BCUT2D eigenvalue weighted by atomic mass is 32.1. The normalized spacial score (nSPS) is 18.3. The van der Waals surface area contributed by atoms with Crippen LogP contribution in [0.4, 0.5) is 5.69 Å². The summed E-state index contributed by atoms with van der Waals surface area (Å²) in [5.41, 5.74) is 1.80. The first-order valence-corrected chi connectivity index (χ1v) is 10.8. The number of carbonyl (C=O) groups is 2. The van der Waals surface area contributed by atoms with Gasteiger partial charge < -0.3 is 19.7 Å². The van der Waals surface area contributed by atoms with Gasteiger partial charge >= 0.3 is 0 Å². The Morgan fingerprint density at radius 2 is 1.76 bits per heavy atom. The van der Waals surface area contributed by atoms with Gasteiger partial charge in [0.1, 0.15) is 11.5 Å². The fourth-order valence-electron chi connectivity index (χ4n) is 4.05. The second-order valence-corrected chi connectivity index (χ2v) is 8.73. The van der Waals surface area contributed by atoms with Crippen molar-refractivity contribution in [3.63, 3.8) is 0 Å². The predicted molar refractivity (Wildman–Crippen MR) is 113 cm³/mol. The quantitative estimate of drug-likeness (QED) is 0.809. The molecule has 2 aromatic rings. The van der Waals surface area contributed by atoms with Crippen LogP contribution in [0.5, 0.6) is 11.5 Å². The third-order valence-corrected chi connectivity index (χ3v) is 6.90. The van der Waals surface area contributed by atoms with Crippen molar-refractivity contribution in [1.82, 2.24) is 4.90 Å². The number of anilines is 1. The molecule has 6 nitrogen and oxygen atoms in total. The van der Waals surface area contributed by atoms with Gasteiger partial charge in [-0.05, 0) is 43.7 Å². The van der Waals surface area contributed by atoms with E-state index < -0.39 is 0 Å². The SMILES string of the molecule is COc1cc(NC(=O)[C@@H]2CCc3sc(C(=O)N4CCCC4)cc3C2)cc(OC)c1. The summed E-state index contributed by atoms with van der Waals surface area (Å²) in [4.78, 5) is 29.5. The largest absolute Gasteiger partial charge is 0.497 e. The average Bonchev–Trinajstić information content (AvgIpc) is 3.42. The lowest BCUT2D eigenvalue weighted by molar-refractivity contribution is -0.120. The Balaban J connectivity index is 1.44. The smallest absolute Gasteiger partial charge is 0.263 e. The van der Waals surface area contributed by atoms with Crippen molar-refractivity contribution >= 4 is 28.8 Å². The number of hydrogen-bond acceptors (Lipinski definition) is 5. The van der Waals surface area contributed by atoms with Gasteiger partial charge in [-0.1, -0.05) is 0 Å². The molecule has 2 heterocycles. The minimum Gasteiger partial charge on any atom is -0.497 e. The number of amides is 2. The van der Waals surface area contributed by atoms with E-state index in [1.807, 2.05) is 11.0 Å². The minimum atomic E-state index is -0.107. The third-order valence-electron chi connectivity index (χ3n) is 5.68. The number of carbonyl (C=O) groups excluding carboxylic acids is 2. The van der Waals surface area contributed by atoms with E-state index in [1.165, 1.54) is 4.88 Å². The summed E-state index contributed by atoms with van der Waals surface area (Å²) in [6.07, 6.45) is 4.49. The van der Waals surface area contributed by atoms with Crippen LogP contribution in [0.15, 0.2) is 24.3 Å². The Morgan fingerprint density at radius 1 is 1.07 bits per heavy atom. The first-order chi connectivity index (χ1) is 14.1. The van der Waals surface area contributed by atoms with Crippen LogP contribution in [0.1, 0.15) is 39.4 Å². The van der Waals surface area contributed by atoms with E-state index in [0.29, 0.717) is 23.6 Å². The van der Waals surface area contributed by atoms with Gasteiger partial charge in [-0.25, -0.2) is 0 Å². The van der Waals surface area contributed by atoms with Crippen molar-refractivity contribution in [2.75, 3.05) is 32.6 Å². The number of ether oxygens (including phenoxy) is 2. The van der Waals surface area contributed by atoms with Crippen LogP contribution in [0.25, 0.3) is 0 Å². The van der Waals surface area contributed by atoms with Crippen molar-refractivity contribution in [1.29, 1.82) is 0 Å². The summed E-state index contributed by atoms with van der Waals surface area (Å²) in [5, 5.41) is 3.00. The molecule has 2 amide bonds. The fourth-order valence-corrected chi connectivity index (χ4v) is 5.23. The first-order valence-electron chi connectivity index (χ1n) is 10.0. The van der Waals surface area contributed by atoms with Crippen LogP contribution in [0.3, 0.4) is 0 Å². The van der Waals surface area contributed by atoms with Crippen LogP contribution >= 0.6 is 11.3 Å². The molecule has 0 spiro atoms. The van der Waals surface area contributed by atoms with Gasteiger partial charge in [-0.2, -0.15) is 0 Å².